The summed E-state index contributed by atoms with van der Waals surface area (Å²) in [6.45, 7) is 0. The summed E-state index contributed by atoms with van der Waals surface area (Å²) in [6.07, 6.45) is 4.29. The van der Waals surface area contributed by atoms with Crippen LogP contribution in [-0.2, 0) is 0 Å². The van der Waals surface area contributed by atoms with Crippen LogP contribution in [0.4, 0.5) is 5.82 Å². The van der Waals surface area contributed by atoms with E-state index in [1.807, 2.05) is 6.07 Å². The van der Waals surface area contributed by atoms with Crippen molar-refractivity contribution >= 4 is 21.7 Å². The molecule has 0 amide bonds. The molecule has 1 fully saturated rings. The lowest BCUT2D eigenvalue weighted by Gasteiger charge is -2.06. The molecular weight excluding hydrogens is 220 g/mol. The number of rotatable bonds is 2. The lowest BCUT2D eigenvalue weighted by Crippen LogP contribution is -2.01. The average Bonchev–Trinajstić information content (AvgIpc) is 2.81. The van der Waals surface area contributed by atoms with Gasteiger partial charge in [0, 0.05) is 10.7 Å². The van der Waals surface area contributed by atoms with Crippen molar-refractivity contribution in [2.24, 2.45) is 0 Å². The molecule has 0 unspecified atom stereocenters. The highest BCUT2D eigenvalue weighted by atomic mass is 79.9. The molecule has 2 N–H and O–H groups in total. The second kappa shape index (κ2) is 2.94. The Balaban J connectivity index is 2.21. The van der Waals surface area contributed by atoms with Crippen LogP contribution < -0.4 is 10.5 Å². The van der Waals surface area contributed by atoms with Crippen LogP contribution in [0.25, 0.3) is 0 Å². The van der Waals surface area contributed by atoms with Crippen molar-refractivity contribution in [2.75, 3.05) is 5.73 Å². The van der Waals surface area contributed by atoms with Gasteiger partial charge in [0.05, 0.1) is 6.10 Å². The number of anilines is 1. The minimum atomic E-state index is 0.364. The SMILES string of the molecule is Nc1ncc(Br)cc1OC1CC1. The number of pyridine rings is 1. The van der Waals surface area contributed by atoms with Crippen LogP contribution in [0.2, 0.25) is 0 Å². The van der Waals surface area contributed by atoms with Crippen LogP contribution in [0.5, 0.6) is 5.75 Å². The van der Waals surface area contributed by atoms with Gasteiger partial charge in [-0.05, 0) is 34.8 Å². The van der Waals surface area contributed by atoms with E-state index in [4.69, 9.17) is 10.5 Å². The van der Waals surface area contributed by atoms with Gasteiger partial charge in [-0.1, -0.05) is 0 Å². The quantitative estimate of drug-likeness (QED) is 0.843. The molecule has 0 bridgehead atoms. The number of hydrogen-bond donors (Lipinski definition) is 1. The number of halogens is 1. The zero-order chi connectivity index (χ0) is 8.55. The first-order chi connectivity index (χ1) is 5.75. The van der Waals surface area contributed by atoms with E-state index >= 15 is 0 Å². The van der Waals surface area contributed by atoms with Gasteiger partial charge >= 0.3 is 0 Å². The first-order valence-corrected chi connectivity index (χ1v) is 4.62. The number of ether oxygens (including phenoxy) is 1. The van der Waals surface area contributed by atoms with Crippen molar-refractivity contribution < 1.29 is 4.74 Å². The van der Waals surface area contributed by atoms with Crippen molar-refractivity contribution in [3.8, 4) is 5.75 Å². The Morgan fingerprint density at radius 1 is 1.58 bits per heavy atom. The summed E-state index contributed by atoms with van der Waals surface area (Å²) in [7, 11) is 0. The molecular formula is C8H9BrN2O. The molecule has 3 nitrogen and oxygen atoms in total. The van der Waals surface area contributed by atoms with E-state index in [9.17, 15) is 0 Å². The number of nitrogen functional groups attached to an aromatic ring is 1. The van der Waals surface area contributed by atoms with E-state index in [1.54, 1.807) is 6.20 Å². The highest BCUT2D eigenvalue weighted by Crippen LogP contribution is 2.30. The van der Waals surface area contributed by atoms with Crippen molar-refractivity contribution in [1.29, 1.82) is 0 Å². The van der Waals surface area contributed by atoms with Gasteiger partial charge in [-0.2, -0.15) is 0 Å². The van der Waals surface area contributed by atoms with Gasteiger partial charge in [-0.15, -0.1) is 0 Å². The van der Waals surface area contributed by atoms with Gasteiger partial charge in [0.1, 0.15) is 0 Å². The van der Waals surface area contributed by atoms with Gasteiger partial charge < -0.3 is 10.5 Å². The molecule has 0 spiro atoms. The maximum absolute atomic E-state index is 5.61. The summed E-state index contributed by atoms with van der Waals surface area (Å²) >= 11 is 3.31. The van der Waals surface area contributed by atoms with Crippen LogP contribution in [0.15, 0.2) is 16.7 Å². The molecule has 0 aliphatic heterocycles. The standard InChI is InChI=1S/C8H9BrN2O/c9-5-3-7(8(10)11-4-5)12-6-1-2-6/h3-4,6H,1-2H2,(H2,10,11). The molecule has 0 saturated heterocycles. The third kappa shape index (κ3) is 1.69. The average molecular weight is 229 g/mol. The number of nitrogens with zero attached hydrogens (tertiary/aromatic N) is 1. The zero-order valence-electron chi connectivity index (χ0n) is 6.46. The molecule has 64 valence electrons. The highest BCUT2D eigenvalue weighted by molar-refractivity contribution is 9.10. The summed E-state index contributed by atoms with van der Waals surface area (Å²) in [5.74, 6) is 1.15. The predicted molar refractivity (Wildman–Crippen MR) is 50.0 cm³/mol. The molecule has 1 aliphatic rings. The Bertz CT molecular complexity index is 299. The number of aromatic nitrogens is 1. The molecule has 1 aromatic rings. The molecule has 0 atom stereocenters. The van der Waals surface area contributed by atoms with E-state index in [0.717, 1.165) is 17.3 Å². The Morgan fingerprint density at radius 3 is 3.00 bits per heavy atom. The van der Waals surface area contributed by atoms with Gasteiger partial charge in [-0.3, -0.25) is 0 Å². The van der Waals surface area contributed by atoms with E-state index in [2.05, 4.69) is 20.9 Å². The minimum absolute atomic E-state index is 0.364. The minimum Gasteiger partial charge on any atom is -0.487 e. The molecule has 1 heterocycles. The van der Waals surface area contributed by atoms with Gasteiger partial charge in [0.15, 0.2) is 11.6 Å². The molecule has 1 aliphatic carbocycles. The van der Waals surface area contributed by atoms with Crippen LogP contribution in [-0.4, -0.2) is 11.1 Å². The topological polar surface area (TPSA) is 48.1 Å². The Labute approximate surface area is 79.1 Å². The smallest absolute Gasteiger partial charge is 0.166 e. The fourth-order valence-corrected chi connectivity index (χ4v) is 1.20. The summed E-state index contributed by atoms with van der Waals surface area (Å²) in [4.78, 5) is 3.97. The van der Waals surface area contributed by atoms with Crippen molar-refractivity contribution in [3.63, 3.8) is 0 Å². The second-order valence-electron chi connectivity index (χ2n) is 2.85. The third-order valence-electron chi connectivity index (χ3n) is 1.67. The first-order valence-electron chi connectivity index (χ1n) is 3.83. The summed E-state index contributed by atoms with van der Waals surface area (Å²) in [5.41, 5.74) is 5.61. The van der Waals surface area contributed by atoms with Crippen LogP contribution in [0.1, 0.15) is 12.8 Å². The maximum Gasteiger partial charge on any atom is 0.166 e. The Morgan fingerprint density at radius 2 is 2.33 bits per heavy atom. The largest absolute Gasteiger partial charge is 0.487 e. The monoisotopic (exact) mass is 228 g/mol. The molecule has 1 aromatic heterocycles. The van der Waals surface area contributed by atoms with Crippen LogP contribution in [0, 0.1) is 0 Å². The van der Waals surface area contributed by atoms with Gasteiger partial charge in [-0.25, -0.2) is 4.98 Å². The summed E-state index contributed by atoms with van der Waals surface area (Å²) in [6, 6.07) is 1.85. The van der Waals surface area contributed by atoms with Crippen LogP contribution in [0.3, 0.4) is 0 Å². The van der Waals surface area contributed by atoms with E-state index in [-0.39, 0.29) is 0 Å². The summed E-state index contributed by atoms with van der Waals surface area (Å²) in [5, 5.41) is 0. The third-order valence-corrected chi connectivity index (χ3v) is 2.10. The van der Waals surface area contributed by atoms with Gasteiger partial charge in [0.2, 0.25) is 0 Å². The molecule has 4 heteroatoms. The zero-order valence-corrected chi connectivity index (χ0v) is 8.04. The first kappa shape index (κ1) is 7.86. The fourth-order valence-electron chi connectivity index (χ4n) is 0.891. The van der Waals surface area contributed by atoms with E-state index in [1.165, 1.54) is 0 Å². The molecule has 12 heavy (non-hydrogen) atoms. The number of nitrogens with two attached hydrogens (primary N) is 1. The van der Waals surface area contributed by atoms with Crippen molar-refractivity contribution in [3.05, 3.63) is 16.7 Å². The second-order valence-corrected chi connectivity index (χ2v) is 3.77. The summed E-state index contributed by atoms with van der Waals surface area (Å²) < 4.78 is 6.42. The van der Waals surface area contributed by atoms with Crippen molar-refractivity contribution in [2.45, 2.75) is 18.9 Å². The predicted octanol–water partition coefficient (Wildman–Crippen LogP) is 1.97. The molecule has 0 aromatic carbocycles. The van der Waals surface area contributed by atoms with Gasteiger partial charge in [0.25, 0.3) is 0 Å². The Hall–Kier alpha value is -0.770. The molecule has 0 radical (unpaired) electrons. The molecule has 2 rings (SSSR count). The maximum atomic E-state index is 5.61. The lowest BCUT2D eigenvalue weighted by molar-refractivity contribution is 0.303. The highest BCUT2D eigenvalue weighted by Gasteiger charge is 2.24. The van der Waals surface area contributed by atoms with Crippen LogP contribution >= 0.6 is 15.9 Å². The fraction of sp³-hybridized carbons (Fsp3) is 0.375. The van der Waals surface area contributed by atoms with Crippen molar-refractivity contribution in [1.82, 2.24) is 4.98 Å². The van der Waals surface area contributed by atoms with E-state index < -0.39 is 0 Å². The lowest BCUT2D eigenvalue weighted by atomic mass is 10.4. The number of hydrogen-bond acceptors (Lipinski definition) is 3. The van der Waals surface area contributed by atoms with E-state index in [0.29, 0.717) is 17.7 Å². The Kier molecular flexibility index (Phi) is 1.92. The normalized spacial score (nSPS) is 16.1. The molecule has 1 saturated carbocycles.